The van der Waals surface area contributed by atoms with Gasteiger partial charge in [-0.25, -0.2) is 4.68 Å². The maximum atomic E-state index is 5.87. The first-order valence-corrected chi connectivity index (χ1v) is 10.1. The molecule has 0 radical (unpaired) electrons. The molecule has 0 saturated carbocycles. The number of nitrogens with zero attached hydrogens (tertiary/aromatic N) is 7. The zero-order chi connectivity index (χ0) is 20.1. The van der Waals surface area contributed by atoms with Crippen LogP contribution in [0.5, 0.6) is 5.75 Å². The molecule has 1 aromatic carbocycles. The second kappa shape index (κ2) is 9.01. The van der Waals surface area contributed by atoms with Gasteiger partial charge in [-0.3, -0.25) is 0 Å². The van der Waals surface area contributed by atoms with Crippen molar-refractivity contribution in [1.29, 1.82) is 0 Å². The quantitative estimate of drug-likeness (QED) is 0.519. The predicted octanol–water partition coefficient (Wildman–Crippen LogP) is 1.66. The highest BCUT2D eigenvalue weighted by atomic mass is 32.2. The fourth-order valence-electron chi connectivity index (χ4n) is 2.95. The molecule has 3 N–H and O–H groups in total. The Hall–Kier alpha value is -2.99. The summed E-state index contributed by atoms with van der Waals surface area (Å²) in [6.45, 7) is 1.43. The van der Waals surface area contributed by atoms with E-state index in [-0.39, 0.29) is 12.1 Å². The number of hydrogen-bond donors (Lipinski definition) is 2. The number of nitrogens with one attached hydrogen (secondary N) is 1. The number of benzene rings is 1. The van der Waals surface area contributed by atoms with Gasteiger partial charge in [0, 0.05) is 6.61 Å². The van der Waals surface area contributed by atoms with Crippen molar-refractivity contribution in [1.82, 2.24) is 35.2 Å². The summed E-state index contributed by atoms with van der Waals surface area (Å²) >= 11 is 1.43. The summed E-state index contributed by atoms with van der Waals surface area (Å²) < 4.78 is 12.7. The van der Waals surface area contributed by atoms with Gasteiger partial charge in [0.1, 0.15) is 11.6 Å². The average molecular weight is 415 g/mol. The average Bonchev–Trinajstić information content (AvgIpc) is 3.39. The summed E-state index contributed by atoms with van der Waals surface area (Å²) in [5.74, 6) is 2.12. The van der Waals surface area contributed by atoms with Gasteiger partial charge < -0.3 is 20.5 Å². The normalized spacial score (nSPS) is 16.1. The molecule has 1 fully saturated rings. The molecule has 1 saturated heterocycles. The number of methoxy groups -OCH3 is 1. The van der Waals surface area contributed by atoms with Crippen molar-refractivity contribution in [3.05, 3.63) is 30.1 Å². The summed E-state index contributed by atoms with van der Waals surface area (Å²) in [5, 5.41) is 15.7. The highest BCUT2D eigenvalue weighted by Gasteiger charge is 2.19. The van der Waals surface area contributed by atoms with E-state index >= 15 is 0 Å². The fraction of sp³-hybridized carbons (Fsp3) is 0.412. The maximum Gasteiger partial charge on any atom is 0.232 e. The summed E-state index contributed by atoms with van der Waals surface area (Å²) in [6.07, 6.45) is 2.25. The smallest absolute Gasteiger partial charge is 0.232 e. The minimum Gasteiger partial charge on any atom is -0.495 e. The fourth-order valence-corrected chi connectivity index (χ4v) is 3.69. The van der Waals surface area contributed by atoms with E-state index in [0.29, 0.717) is 35.0 Å². The van der Waals surface area contributed by atoms with Crippen LogP contribution in [0, 0.1) is 0 Å². The number of rotatable bonds is 8. The lowest BCUT2D eigenvalue weighted by Gasteiger charge is -2.11. The summed E-state index contributed by atoms with van der Waals surface area (Å²) in [7, 11) is 1.60. The Labute approximate surface area is 171 Å². The van der Waals surface area contributed by atoms with Crippen molar-refractivity contribution in [3.63, 3.8) is 0 Å². The Kier molecular flexibility index (Phi) is 6.00. The van der Waals surface area contributed by atoms with Gasteiger partial charge in [0.25, 0.3) is 0 Å². The van der Waals surface area contributed by atoms with E-state index in [1.807, 2.05) is 24.3 Å². The molecular weight excluding hydrogens is 394 g/mol. The lowest BCUT2D eigenvalue weighted by Crippen LogP contribution is -2.17. The van der Waals surface area contributed by atoms with E-state index in [4.69, 9.17) is 15.2 Å². The van der Waals surface area contributed by atoms with E-state index in [1.165, 1.54) is 11.8 Å². The van der Waals surface area contributed by atoms with Crippen LogP contribution in [0.25, 0.3) is 0 Å². The van der Waals surface area contributed by atoms with Crippen molar-refractivity contribution in [2.45, 2.75) is 36.4 Å². The Morgan fingerprint density at radius 1 is 1.31 bits per heavy atom. The van der Waals surface area contributed by atoms with E-state index in [9.17, 15) is 0 Å². The van der Waals surface area contributed by atoms with E-state index in [2.05, 4.69) is 35.8 Å². The molecule has 0 bridgehead atoms. The highest BCUT2D eigenvalue weighted by Crippen LogP contribution is 2.26. The molecule has 3 heterocycles. The van der Waals surface area contributed by atoms with Crippen molar-refractivity contribution in [3.8, 4) is 5.75 Å². The molecule has 12 heteroatoms. The second-order valence-corrected chi connectivity index (χ2v) is 7.27. The van der Waals surface area contributed by atoms with E-state index in [0.717, 1.165) is 25.1 Å². The minimum absolute atomic E-state index is 0.131. The van der Waals surface area contributed by atoms with Crippen molar-refractivity contribution >= 4 is 29.3 Å². The number of anilines is 3. The summed E-state index contributed by atoms with van der Waals surface area (Å²) in [4.78, 5) is 12.8. The lowest BCUT2D eigenvalue weighted by atomic mass is 10.2. The van der Waals surface area contributed by atoms with Gasteiger partial charge >= 0.3 is 0 Å². The van der Waals surface area contributed by atoms with Crippen molar-refractivity contribution in [2.75, 3.05) is 24.8 Å². The van der Waals surface area contributed by atoms with E-state index in [1.54, 1.807) is 11.8 Å². The van der Waals surface area contributed by atoms with Gasteiger partial charge in [-0.2, -0.15) is 15.0 Å². The lowest BCUT2D eigenvalue weighted by molar-refractivity contribution is 0.0912. The number of nitrogens with two attached hydrogens (primary N) is 1. The number of thioether (sulfide) groups is 1. The zero-order valence-electron chi connectivity index (χ0n) is 15.9. The number of nitrogen functional groups attached to an aromatic ring is 1. The van der Waals surface area contributed by atoms with Crippen molar-refractivity contribution < 1.29 is 9.47 Å². The maximum absolute atomic E-state index is 5.87. The Morgan fingerprint density at radius 3 is 3.03 bits per heavy atom. The Balaban J connectivity index is 1.44. The molecule has 1 aliphatic rings. The SMILES string of the molecule is COc1ccccc1Nc1nc(N)nc(CSc2nnnn2CC2CCCO2)n1. The van der Waals surface area contributed by atoms with Crippen LogP contribution in [-0.2, 0) is 17.0 Å². The molecule has 11 nitrogen and oxygen atoms in total. The number of ether oxygens (including phenoxy) is 2. The molecule has 29 heavy (non-hydrogen) atoms. The molecule has 1 unspecified atom stereocenters. The molecule has 1 aliphatic heterocycles. The second-order valence-electron chi connectivity index (χ2n) is 6.33. The zero-order valence-corrected chi connectivity index (χ0v) is 16.7. The highest BCUT2D eigenvalue weighted by molar-refractivity contribution is 7.98. The Morgan fingerprint density at radius 2 is 2.21 bits per heavy atom. The van der Waals surface area contributed by atoms with Gasteiger partial charge in [0.15, 0.2) is 0 Å². The molecule has 4 rings (SSSR count). The third-order valence-electron chi connectivity index (χ3n) is 4.28. The summed E-state index contributed by atoms with van der Waals surface area (Å²) in [5.41, 5.74) is 6.60. The van der Waals surface area contributed by atoms with Crippen LogP contribution in [0.4, 0.5) is 17.6 Å². The molecule has 2 aromatic heterocycles. The van der Waals surface area contributed by atoms with Gasteiger partial charge in [0.05, 0.1) is 31.2 Å². The van der Waals surface area contributed by atoms with Crippen molar-refractivity contribution in [2.24, 2.45) is 0 Å². The monoisotopic (exact) mass is 415 g/mol. The van der Waals surface area contributed by atoms with Gasteiger partial charge in [-0.1, -0.05) is 23.9 Å². The van der Waals surface area contributed by atoms with Crippen LogP contribution in [0.15, 0.2) is 29.4 Å². The largest absolute Gasteiger partial charge is 0.495 e. The molecule has 3 aromatic rings. The molecule has 0 amide bonds. The van der Waals surface area contributed by atoms with Gasteiger partial charge in [-0.15, -0.1) is 5.10 Å². The van der Waals surface area contributed by atoms with E-state index < -0.39 is 0 Å². The molecule has 1 atom stereocenters. The number of hydrogen-bond acceptors (Lipinski definition) is 11. The molecular formula is C17H21N9O2S. The Bertz CT molecular complexity index is 962. The first-order chi connectivity index (χ1) is 14.2. The topological polar surface area (TPSA) is 139 Å². The summed E-state index contributed by atoms with van der Waals surface area (Å²) in [6, 6.07) is 7.48. The first-order valence-electron chi connectivity index (χ1n) is 9.12. The van der Waals surface area contributed by atoms with Crippen LogP contribution < -0.4 is 15.8 Å². The molecule has 152 valence electrons. The third-order valence-corrected chi connectivity index (χ3v) is 5.24. The third kappa shape index (κ3) is 4.90. The molecule has 0 spiro atoms. The minimum atomic E-state index is 0.131. The van der Waals surface area contributed by atoms with Crippen LogP contribution in [0.3, 0.4) is 0 Å². The van der Waals surface area contributed by atoms with Gasteiger partial charge in [-0.05, 0) is 35.4 Å². The molecule has 0 aliphatic carbocycles. The first kappa shape index (κ1) is 19.3. The standard InChI is InChI=1S/C17H21N9O2S/c1-27-13-7-3-2-6-12(13)19-16-21-14(20-15(18)22-16)10-29-17-23-24-25-26(17)9-11-5-4-8-28-11/h2-3,6-7,11H,4-5,8-10H2,1H3,(H3,18,19,20,21,22). The van der Waals surface area contributed by atoms with Crippen LogP contribution in [0.1, 0.15) is 18.7 Å². The van der Waals surface area contributed by atoms with Crippen LogP contribution >= 0.6 is 11.8 Å². The number of aromatic nitrogens is 7. The van der Waals surface area contributed by atoms with Crippen LogP contribution in [0.2, 0.25) is 0 Å². The predicted molar refractivity (Wildman–Crippen MR) is 107 cm³/mol. The van der Waals surface area contributed by atoms with Gasteiger partial charge in [0.2, 0.25) is 17.1 Å². The van der Waals surface area contributed by atoms with Crippen LogP contribution in [-0.4, -0.2) is 55.0 Å². The number of para-hydroxylation sites is 2. The number of tetrazole rings is 1.